The quantitative estimate of drug-likeness (QED) is 0.826. The van der Waals surface area contributed by atoms with Gasteiger partial charge in [-0.1, -0.05) is 24.6 Å². The molecule has 2 heterocycles. The van der Waals surface area contributed by atoms with E-state index in [0.717, 1.165) is 45.1 Å². The average Bonchev–Trinajstić information content (AvgIpc) is 3.16. The molecule has 22 heavy (non-hydrogen) atoms. The van der Waals surface area contributed by atoms with Crippen molar-refractivity contribution in [2.45, 2.75) is 55.8 Å². The number of hydrogen-bond donors (Lipinski definition) is 2. The first-order chi connectivity index (χ1) is 10.7. The van der Waals surface area contributed by atoms with E-state index in [2.05, 4.69) is 14.7 Å². The highest BCUT2D eigenvalue weighted by Crippen LogP contribution is 2.35. The van der Waals surface area contributed by atoms with Gasteiger partial charge in [0.2, 0.25) is 10.3 Å². The van der Waals surface area contributed by atoms with Crippen molar-refractivity contribution in [2.24, 2.45) is 5.92 Å². The lowest BCUT2D eigenvalue weighted by Gasteiger charge is -2.36. The van der Waals surface area contributed by atoms with Gasteiger partial charge in [-0.3, -0.25) is 5.32 Å². The molecule has 2 N–H and O–H groups in total. The summed E-state index contributed by atoms with van der Waals surface area (Å²) in [5, 5.41) is 14.4. The van der Waals surface area contributed by atoms with Crippen molar-refractivity contribution in [1.82, 2.24) is 14.3 Å². The topological polar surface area (TPSA) is 78.4 Å². The van der Waals surface area contributed by atoms with Crippen LogP contribution in [-0.2, 0) is 0 Å². The normalized spacial score (nSPS) is 28.8. The molecule has 0 bridgehead atoms. The van der Waals surface area contributed by atoms with E-state index in [1.807, 2.05) is 11.2 Å². The number of nitrogens with one attached hydrogen (secondary N) is 1. The number of hydrogen-bond acceptors (Lipinski definition) is 6. The molecule has 0 unspecified atom stereocenters. The first-order valence-electron chi connectivity index (χ1n) is 7.82. The van der Waals surface area contributed by atoms with Crippen LogP contribution in [-0.4, -0.2) is 50.3 Å². The number of thioether (sulfide) groups is 1. The highest BCUT2D eigenvalue weighted by atomic mass is 32.2. The summed E-state index contributed by atoms with van der Waals surface area (Å²) in [4.78, 5) is 18.7. The molecule has 0 spiro atoms. The molecule has 2 amide bonds. The maximum atomic E-state index is 12.5. The Morgan fingerprint density at radius 3 is 2.91 bits per heavy atom. The number of amides is 2. The van der Waals surface area contributed by atoms with E-state index >= 15 is 0 Å². The van der Waals surface area contributed by atoms with E-state index < -0.39 is 0 Å². The summed E-state index contributed by atoms with van der Waals surface area (Å²) in [6.07, 6.45) is 7.77. The van der Waals surface area contributed by atoms with E-state index in [-0.39, 0.29) is 24.1 Å². The second-order valence-electron chi connectivity index (χ2n) is 5.94. The molecule has 1 aromatic heterocycles. The van der Waals surface area contributed by atoms with Crippen molar-refractivity contribution in [1.29, 1.82) is 0 Å². The summed E-state index contributed by atoms with van der Waals surface area (Å²) in [6.45, 7) is 0.758. The molecule has 2 aliphatic rings. The maximum Gasteiger partial charge on any atom is 0.323 e. The summed E-state index contributed by atoms with van der Waals surface area (Å²) in [5.41, 5.74) is 0. The number of carbonyl (C=O) groups is 1. The van der Waals surface area contributed by atoms with Gasteiger partial charge in [0, 0.05) is 30.0 Å². The average molecular weight is 342 g/mol. The monoisotopic (exact) mass is 342 g/mol. The van der Waals surface area contributed by atoms with Gasteiger partial charge in [0.25, 0.3) is 0 Å². The van der Waals surface area contributed by atoms with Gasteiger partial charge < -0.3 is 10.0 Å². The van der Waals surface area contributed by atoms with Gasteiger partial charge in [0.15, 0.2) is 0 Å². The van der Waals surface area contributed by atoms with Crippen LogP contribution < -0.4 is 5.32 Å². The van der Waals surface area contributed by atoms with Crippen LogP contribution in [0, 0.1) is 5.92 Å². The Bertz CT molecular complexity index is 525. The van der Waals surface area contributed by atoms with E-state index in [9.17, 15) is 9.90 Å². The fourth-order valence-corrected chi connectivity index (χ4v) is 4.70. The molecule has 1 aromatic rings. The Morgan fingerprint density at radius 2 is 2.18 bits per heavy atom. The molecular formula is C14H22N4O2S2. The number of aromatic nitrogens is 2. The predicted octanol–water partition coefficient (Wildman–Crippen LogP) is 2.81. The fraction of sp³-hybridized carbons (Fsp3) is 0.786. The Balaban J connectivity index is 1.65. The third-order valence-corrected chi connectivity index (χ3v) is 5.93. The summed E-state index contributed by atoms with van der Waals surface area (Å²) < 4.78 is 4.16. The zero-order valence-corrected chi connectivity index (χ0v) is 14.3. The van der Waals surface area contributed by atoms with Crippen LogP contribution in [0.1, 0.15) is 38.5 Å². The molecule has 0 radical (unpaired) electrons. The van der Waals surface area contributed by atoms with E-state index in [4.69, 9.17) is 0 Å². The third kappa shape index (κ3) is 3.38. The van der Waals surface area contributed by atoms with Gasteiger partial charge in [-0.2, -0.15) is 9.36 Å². The second kappa shape index (κ2) is 7.14. The van der Waals surface area contributed by atoms with E-state index in [0.29, 0.717) is 10.3 Å². The first-order valence-corrected chi connectivity index (χ1v) is 9.82. The molecule has 1 saturated carbocycles. The highest BCUT2D eigenvalue weighted by molar-refractivity contribution is 7.98. The summed E-state index contributed by atoms with van der Waals surface area (Å²) in [6, 6.07) is 0.0484. The molecule has 3 rings (SSSR count). The number of nitrogens with zero attached hydrogens (tertiary/aromatic N) is 3. The molecule has 6 nitrogen and oxygen atoms in total. The minimum Gasteiger partial charge on any atom is -0.393 e. The lowest BCUT2D eigenvalue weighted by molar-refractivity contribution is 0.0320. The second-order valence-corrected chi connectivity index (χ2v) is 7.46. The molecule has 3 atom stereocenters. The smallest absolute Gasteiger partial charge is 0.323 e. The van der Waals surface area contributed by atoms with Crippen LogP contribution in [0.5, 0.6) is 0 Å². The molecule has 1 saturated heterocycles. The van der Waals surface area contributed by atoms with Gasteiger partial charge in [-0.25, -0.2) is 4.79 Å². The molecule has 1 aliphatic carbocycles. The zero-order chi connectivity index (χ0) is 15.5. The molecule has 0 aromatic carbocycles. The van der Waals surface area contributed by atoms with Crippen molar-refractivity contribution in [3.05, 3.63) is 0 Å². The molecule has 122 valence electrons. The minimum atomic E-state index is -0.267. The Labute approximate surface area is 138 Å². The zero-order valence-electron chi connectivity index (χ0n) is 12.7. The van der Waals surface area contributed by atoms with Crippen LogP contribution in [0.25, 0.3) is 0 Å². The van der Waals surface area contributed by atoms with Crippen molar-refractivity contribution >= 4 is 34.5 Å². The van der Waals surface area contributed by atoms with Crippen molar-refractivity contribution in [3.8, 4) is 0 Å². The Hall–Kier alpha value is -0.860. The van der Waals surface area contributed by atoms with Crippen LogP contribution in [0.3, 0.4) is 0 Å². The Kier molecular flexibility index (Phi) is 5.20. The lowest BCUT2D eigenvalue weighted by atomic mass is 9.80. The maximum absolute atomic E-state index is 12.5. The highest BCUT2D eigenvalue weighted by Gasteiger charge is 2.39. The van der Waals surface area contributed by atoms with E-state index in [1.54, 1.807) is 0 Å². The first kappa shape index (κ1) is 16.0. The summed E-state index contributed by atoms with van der Waals surface area (Å²) >= 11 is 2.67. The van der Waals surface area contributed by atoms with Crippen LogP contribution in [0.15, 0.2) is 5.16 Å². The molecular weight excluding hydrogens is 320 g/mol. The predicted molar refractivity (Wildman–Crippen MR) is 88.4 cm³/mol. The SMILES string of the molecule is CSc1nsc(NC(=O)N2CCC[C@@H]2[C@@H]2CCCC[C@H]2O)n1. The van der Waals surface area contributed by atoms with E-state index in [1.165, 1.54) is 23.3 Å². The van der Waals surface area contributed by atoms with Gasteiger partial charge in [0.1, 0.15) is 0 Å². The molecule has 8 heteroatoms. The number of likely N-dealkylation sites (tertiary alicyclic amines) is 1. The van der Waals surface area contributed by atoms with Crippen LogP contribution in [0.2, 0.25) is 0 Å². The number of urea groups is 1. The largest absolute Gasteiger partial charge is 0.393 e. The number of rotatable bonds is 3. The molecule has 2 fully saturated rings. The minimum absolute atomic E-state index is 0.107. The Morgan fingerprint density at radius 1 is 1.36 bits per heavy atom. The van der Waals surface area contributed by atoms with Crippen molar-refractivity contribution in [2.75, 3.05) is 18.1 Å². The van der Waals surface area contributed by atoms with Gasteiger partial charge >= 0.3 is 6.03 Å². The number of anilines is 1. The number of carbonyl (C=O) groups excluding carboxylic acids is 1. The number of aliphatic hydroxyl groups excluding tert-OH is 1. The van der Waals surface area contributed by atoms with Gasteiger partial charge in [0.05, 0.1) is 6.10 Å². The third-order valence-electron chi connectivity index (χ3n) is 4.64. The van der Waals surface area contributed by atoms with Gasteiger partial charge in [-0.15, -0.1) is 0 Å². The van der Waals surface area contributed by atoms with Crippen molar-refractivity contribution < 1.29 is 9.90 Å². The van der Waals surface area contributed by atoms with Gasteiger partial charge in [-0.05, 0) is 31.9 Å². The molecule has 1 aliphatic heterocycles. The van der Waals surface area contributed by atoms with Crippen molar-refractivity contribution in [3.63, 3.8) is 0 Å². The standard InChI is InChI=1S/C14H22N4O2S2/c1-21-13-15-12(22-17-13)16-14(20)18-8-4-6-10(18)9-5-2-3-7-11(9)19/h9-11,19H,2-8H2,1H3,(H,15,16,17,20)/t9-,10+,11+/m0/s1. The summed E-state index contributed by atoms with van der Waals surface area (Å²) in [5.74, 6) is 0.221. The lowest BCUT2D eigenvalue weighted by Crippen LogP contribution is -2.46. The fourth-order valence-electron chi connectivity index (χ4n) is 3.59. The summed E-state index contributed by atoms with van der Waals surface area (Å²) in [7, 11) is 0. The van der Waals surface area contributed by atoms with Crippen LogP contribution in [0.4, 0.5) is 9.93 Å². The van der Waals surface area contributed by atoms with Crippen LogP contribution >= 0.6 is 23.3 Å². The number of aliphatic hydroxyl groups is 1.